The first kappa shape index (κ1) is 12.6. The average molecular weight is 237 g/mol. The maximum absolute atomic E-state index is 5.90. The van der Waals surface area contributed by atoms with Crippen LogP contribution in [-0.4, -0.2) is 16.7 Å². The molecule has 1 heterocycles. The summed E-state index contributed by atoms with van der Waals surface area (Å²) in [5.74, 6) is 2.29. The molecule has 0 unspecified atom stereocenters. The fourth-order valence-electron chi connectivity index (χ4n) is 2.55. The zero-order valence-electron chi connectivity index (χ0n) is 10.9. The molecule has 1 aliphatic rings. The smallest absolute Gasteiger partial charge is 0.234 e. The molecule has 1 fully saturated rings. The highest BCUT2D eigenvalue weighted by molar-refractivity contribution is 5.09. The summed E-state index contributed by atoms with van der Waals surface area (Å²) in [5.41, 5.74) is 5.88. The highest BCUT2D eigenvalue weighted by Gasteiger charge is 2.39. The van der Waals surface area contributed by atoms with Crippen LogP contribution in [0.1, 0.15) is 57.7 Å². The van der Waals surface area contributed by atoms with E-state index in [4.69, 9.17) is 10.3 Å². The Morgan fingerprint density at radius 1 is 1.35 bits per heavy atom. The standard InChI is InChI=1S/C13H23N3O/c1-10(2)5-6-11-15-12(17-16-11)13(9-14)7-3-4-8-13/h10H,3-9,14H2,1-2H3. The third-order valence-corrected chi connectivity index (χ3v) is 3.82. The molecular weight excluding hydrogens is 214 g/mol. The van der Waals surface area contributed by atoms with Crippen molar-refractivity contribution >= 4 is 0 Å². The minimum absolute atomic E-state index is 0.0247. The van der Waals surface area contributed by atoms with Gasteiger partial charge in [-0.3, -0.25) is 0 Å². The van der Waals surface area contributed by atoms with Crippen LogP contribution in [0.5, 0.6) is 0 Å². The van der Waals surface area contributed by atoms with E-state index in [0.717, 1.165) is 37.4 Å². The molecule has 96 valence electrons. The predicted octanol–water partition coefficient (Wildman–Crippen LogP) is 2.43. The fourth-order valence-corrected chi connectivity index (χ4v) is 2.55. The molecule has 0 spiro atoms. The van der Waals surface area contributed by atoms with Gasteiger partial charge in [-0.05, 0) is 25.2 Å². The maximum Gasteiger partial charge on any atom is 0.234 e. The Morgan fingerprint density at radius 3 is 2.65 bits per heavy atom. The van der Waals surface area contributed by atoms with Crippen LogP contribution in [0.3, 0.4) is 0 Å². The van der Waals surface area contributed by atoms with Gasteiger partial charge in [-0.15, -0.1) is 0 Å². The molecule has 0 aliphatic heterocycles. The minimum Gasteiger partial charge on any atom is -0.339 e. The summed E-state index contributed by atoms with van der Waals surface area (Å²) in [6.07, 6.45) is 6.64. The van der Waals surface area contributed by atoms with E-state index in [1.807, 2.05) is 0 Å². The number of aromatic nitrogens is 2. The quantitative estimate of drug-likeness (QED) is 0.854. The van der Waals surface area contributed by atoms with Crippen LogP contribution < -0.4 is 5.73 Å². The van der Waals surface area contributed by atoms with Crippen LogP contribution in [-0.2, 0) is 11.8 Å². The van der Waals surface area contributed by atoms with E-state index < -0.39 is 0 Å². The molecule has 1 aromatic rings. The Hall–Kier alpha value is -0.900. The molecule has 2 N–H and O–H groups in total. The lowest BCUT2D eigenvalue weighted by molar-refractivity contribution is 0.283. The van der Waals surface area contributed by atoms with Gasteiger partial charge in [-0.25, -0.2) is 0 Å². The molecule has 0 atom stereocenters. The van der Waals surface area contributed by atoms with Crippen molar-refractivity contribution in [2.75, 3.05) is 6.54 Å². The van der Waals surface area contributed by atoms with Gasteiger partial charge in [0, 0.05) is 13.0 Å². The van der Waals surface area contributed by atoms with Gasteiger partial charge in [0.05, 0.1) is 5.41 Å². The topological polar surface area (TPSA) is 64.9 Å². The molecule has 1 saturated carbocycles. The van der Waals surface area contributed by atoms with E-state index >= 15 is 0 Å². The Kier molecular flexibility index (Phi) is 3.82. The summed E-state index contributed by atoms with van der Waals surface area (Å²) >= 11 is 0. The van der Waals surface area contributed by atoms with Crippen LogP contribution in [0.15, 0.2) is 4.52 Å². The zero-order chi connectivity index (χ0) is 12.3. The maximum atomic E-state index is 5.90. The number of rotatable bonds is 5. The lowest BCUT2D eigenvalue weighted by Gasteiger charge is -2.21. The molecule has 2 rings (SSSR count). The van der Waals surface area contributed by atoms with Gasteiger partial charge in [0.15, 0.2) is 5.82 Å². The molecule has 0 radical (unpaired) electrons. The molecule has 0 amide bonds. The Labute approximate surface area is 103 Å². The van der Waals surface area contributed by atoms with Gasteiger partial charge in [-0.2, -0.15) is 4.98 Å². The van der Waals surface area contributed by atoms with Crippen molar-refractivity contribution in [2.45, 2.75) is 57.8 Å². The summed E-state index contributed by atoms with van der Waals surface area (Å²) in [6, 6.07) is 0. The summed E-state index contributed by atoms with van der Waals surface area (Å²) in [5, 5.41) is 4.08. The van der Waals surface area contributed by atoms with E-state index in [1.54, 1.807) is 0 Å². The predicted molar refractivity (Wildman–Crippen MR) is 66.7 cm³/mol. The third kappa shape index (κ3) is 2.68. The van der Waals surface area contributed by atoms with Crippen molar-refractivity contribution in [3.8, 4) is 0 Å². The molecule has 4 nitrogen and oxygen atoms in total. The molecule has 1 aliphatic carbocycles. The van der Waals surface area contributed by atoms with Gasteiger partial charge >= 0.3 is 0 Å². The number of aryl methyl sites for hydroxylation is 1. The SMILES string of the molecule is CC(C)CCc1noc(C2(CN)CCCC2)n1. The van der Waals surface area contributed by atoms with Crippen LogP contribution in [0.2, 0.25) is 0 Å². The normalized spacial score (nSPS) is 19.1. The second kappa shape index (κ2) is 5.17. The molecule has 0 saturated heterocycles. The van der Waals surface area contributed by atoms with Gasteiger partial charge in [0.25, 0.3) is 0 Å². The van der Waals surface area contributed by atoms with Gasteiger partial charge in [-0.1, -0.05) is 31.8 Å². The van der Waals surface area contributed by atoms with Crippen molar-refractivity contribution in [3.05, 3.63) is 11.7 Å². The molecule has 1 aromatic heterocycles. The van der Waals surface area contributed by atoms with E-state index in [-0.39, 0.29) is 5.41 Å². The van der Waals surface area contributed by atoms with Crippen molar-refractivity contribution in [3.63, 3.8) is 0 Å². The first-order valence-corrected chi connectivity index (χ1v) is 6.69. The second-order valence-electron chi connectivity index (χ2n) is 5.64. The molecule has 17 heavy (non-hydrogen) atoms. The largest absolute Gasteiger partial charge is 0.339 e. The number of nitrogens with two attached hydrogens (primary N) is 1. The first-order valence-electron chi connectivity index (χ1n) is 6.69. The van der Waals surface area contributed by atoms with Gasteiger partial charge in [0.2, 0.25) is 5.89 Å². The van der Waals surface area contributed by atoms with Crippen molar-refractivity contribution in [1.29, 1.82) is 0 Å². The van der Waals surface area contributed by atoms with E-state index in [0.29, 0.717) is 12.5 Å². The summed E-state index contributed by atoms with van der Waals surface area (Å²) < 4.78 is 5.43. The van der Waals surface area contributed by atoms with Crippen LogP contribution >= 0.6 is 0 Å². The average Bonchev–Trinajstić information content (AvgIpc) is 2.96. The van der Waals surface area contributed by atoms with Gasteiger partial charge < -0.3 is 10.3 Å². The lowest BCUT2D eigenvalue weighted by Crippen LogP contribution is -2.32. The lowest BCUT2D eigenvalue weighted by atomic mass is 9.86. The molecule has 0 aromatic carbocycles. The molecular formula is C13H23N3O. The number of nitrogens with zero attached hydrogens (tertiary/aromatic N) is 2. The van der Waals surface area contributed by atoms with Gasteiger partial charge in [0.1, 0.15) is 0 Å². The fraction of sp³-hybridized carbons (Fsp3) is 0.846. The molecule has 4 heteroatoms. The van der Waals surface area contributed by atoms with E-state index in [1.165, 1.54) is 12.8 Å². The first-order chi connectivity index (χ1) is 8.16. The number of hydrogen-bond acceptors (Lipinski definition) is 4. The van der Waals surface area contributed by atoms with Crippen LogP contribution in [0.25, 0.3) is 0 Å². The second-order valence-corrected chi connectivity index (χ2v) is 5.64. The highest BCUT2D eigenvalue weighted by Crippen LogP contribution is 2.39. The Bertz CT molecular complexity index is 353. The third-order valence-electron chi connectivity index (χ3n) is 3.82. The van der Waals surface area contributed by atoms with E-state index in [9.17, 15) is 0 Å². The molecule has 0 bridgehead atoms. The summed E-state index contributed by atoms with van der Waals surface area (Å²) in [6.45, 7) is 5.04. The minimum atomic E-state index is -0.0247. The van der Waals surface area contributed by atoms with Crippen molar-refractivity contribution in [1.82, 2.24) is 10.1 Å². The summed E-state index contributed by atoms with van der Waals surface area (Å²) in [7, 11) is 0. The van der Waals surface area contributed by atoms with E-state index in [2.05, 4.69) is 24.0 Å². The van der Waals surface area contributed by atoms with Crippen LogP contribution in [0.4, 0.5) is 0 Å². The zero-order valence-corrected chi connectivity index (χ0v) is 10.9. The van der Waals surface area contributed by atoms with Crippen LogP contribution in [0, 0.1) is 5.92 Å². The highest BCUT2D eigenvalue weighted by atomic mass is 16.5. The Balaban J connectivity index is 2.06. The van der Waals surface area contributed by atoms with Crippen molar-refractivity contribution < 1.29 is 4.52 Å². The summed E-state index contributed by atoms with van der Waals surface area (Å²) in [4.78, 5) is 4.55. The number of hydrogen-bond donors (Lipinski definition) is 1. The van der Waals surface area contributed by atoms with Crippen molar-refractivity contribution in [2.24, 2.45) is 11.7 Å². The Morgan fingerprint density at radius 2 is 2.06 bits per heavy atom. The monoisotopic (exact) mass is 237 g/mol.